The molecule has 0 aliphatic heterocycles. The number of aromatic amines is 1. The van der Waals surface area contributed by atoms with Gasteiger partial charge in [-0.25, -0.2) is 4.98 Å². The predicted molar refractivity (Wildman–Crippen MR) is 115 cm³/mol. The smallest absolute Gasteiger partial charge is 0.264 e. The lowest BCUT2D eigenvalue weighted by molar-refractivity contribution is -0.118. The summed E-state index contributed by atoms with van der Waals surface area (Å²) >= 11 is 0. The van der Waals surface area contributed by atoms with E-state index in [-0.39, 0.29) is 18.5 Å². The lowest BCUT2D eigenvalue weighted by Gasteiger charge is -2.06. The number of nitrogens with zero attached hydrogens (tertiary/aromatic N) is 3. The minimum Gasteiger partial charge on any atom is -0.484 e. The number of pyridine rings is 1. The molecule has 2 heterocycles. The third-order valence-corrected chi connectivity index (χ3v) is 4.67. The van der Waals surface area contributed by atoms with Crippen LogP contribution in [-0.2, 0) is 4.79 Å². The fourth-order valence-corrected chi connectivity index (χ4v) is 3.20. The summed E-state index contributed by atoms with van der Waals surface area (Å²) in [5.41, 5.74) is 1.51. The van der Waals surface area contributed by atoms with Crippen LogP contribution in [0.1, 0.15) is 0 Å². The van der Waals surface area contributed by atoms with Crippen molar-refractivity contribution >= 4 is 33.5 Å². The third kappa shape index (κ3) is 3.68. The normalized spacial score (nSPS) is 10.9. The highest BCUT2D eigenvalue weighted by molar-refractivity contribution is 5.90. The average Bonchev–Trinajstić information content (AvgIpc) is 3.25. The second-order valence-electron chi connectivity index (χ2n) is 6.74. The molecule has 0 radical (unpaired) electrons. The first-order valence-corrected chi connectivity index (χ1v) is 9.45. The zero-order chi connectivity index (χ0) is 20.3. The molecule has 3 aromatic carbocycles. The van der Waals surface area contributed by atoms with Crippen LogP contribution < -0.4 is 10.1 Å². The van der Waals surface area contributed by atoms with Gasteiger partial charge in [0.2, 0.25) is 5.95 Å². The van der Waals surface area contributed by atoms with E-state index in [0.717, 1.165) is 21.7 Å². The van der Waals surface area contributed by atoms with Crippen molar-refractivity contribution in [1.82, 2.24) is 20.2 Å². The fraction of sp³-hybridized carbons (Fsp3) is 0.0435. The maximum Gasteiger partial charge on any atom is 0.264 e. The lowest BCUT2D eigenvalue weighted by atomic mass is 10.1. The van der Waals surface area contributed by atoms with Gasteiger partial charge in [-0.3, -0.25) is 15.2 Å². The summed E-state index contributed by atoms with van der Waals surface area (Å²) in [6.07, 6.45) is 0. The van der Waals surface area contributed by atoms with Gasteiger partial charge < -0.3 is 4.74 Å². The minimum absolute atomic E-state index is 0.142. The molecule has 0 atom stereocenters. The van der Waals surface area contributed by atoms with Crippen LogP contribution in [0.2, 0.25) is 0 Å². The molecule has 146 valence electrons. The summed E-state index contributed by atoms with van der Waals surface area (Å²) in [7, 11) is 0. The molecule has 0 bridgehead atoms. The van der Waals surface area contributed by atoms with Gasteiger partial charge in [-0.15, -0.1) is 5.10 Å². The molecular weight excluding hydrogens is 378 g/mol. The van der Waals surface area contributed by atoms with Gasteiger partial charge in [0.25, 0.3) is 5.91 Å². The Morgan fingerprint density at radius 2 is 1.63 bits per heavy atom. The van der Waals surface area contributed by atoms with Crippen molar-refractivity contribution in [2.45, 2.75) is 0 Å². The summed E-state index contributed by atoms with van der Waals surface area (Å²) < 4.78 is 5.60. The van der Waals surface area contributed by atoms with Gasteiger partial charge in [0.15, 0.2) is 12.4 Å². The number of carbonyl (C=O) groups is 1. The van der Waals surface area contributed by atoms with Gasteiger partial charge in [0.05, 0.1) is 5.52 Å². The Labute approximate surface area is 171 Å². The van der Waals surface area contributed by atoms with Crippen LogP contribution >= 0.6 is 0 Å². The van der Waals surface area contributed by atoms with E-state index in [0.29, 0.717) is 17.3 Å². The number of hydrogen-bond acceptors (Lipinski definition) is 5. The van der Waals surface area contributed by atoms with E-state index in [1.807, 2.05) is 78.9 Å². The second kappa shape index (κ2) is 7.63. The number of aromatic nitrogens is 4. The Kier molecular flexibility index (Phi) is 4.53. The number of amides is 1. The first-order valence-electron chi connectivity index (χ1n) is 9.45. The topological polar surface area (TPSA) is 92.8 Å². The number of para-hydroxylation sites is 1. The van der Waals surface area contributed by atoms with Gasteiger partial charge in [0.1, 0.15) is 11.4 Å². The van der Waals surface area contributed by atoms with Crippen LogP contribution in [0, 0.1) is 0 Å². The first-order chi connectivity index (χ1) is 14.7. The molecule has 0 unspecified atom stereocenters. The minimum atomic E-state index is -0.347. The van der Waals surface area contributed by atoms with Crippen molar-refractivity contribution in [3.8, 4) is 17.3 Å². The van der Waals surface area contributed by atoms with E-state index in [2.05, 4.69) is 25.5 Å². The van der Waals surface area contributed by atoms with Gasteiger partial charge in [-0.1, -0.05) is 54.6 Å². The summed E-state index contributed by atoms with van der Waals surface area (Å²) in [6, 6.07) is 25.3. The molecule has 5 aromatic rings. The molecule has 0 aliphatic rings. The predicted octanol–water partition coefficient (Wildman–Crippen LogP) is 4.19. The Morgan fingerprint density at radius 3 is 2.53 bits per heavy atom. The number of fused-ring (bicyclic) bond motifs is 2. The maximum atomic E-state index is 12.2. The number of benzene rings is 3. The van der Waals surface area contributed by atoms with Crippen molar-refractivity contribution in [3.05, 3.63) is 78.9 Å². The molecular formula is C23H17N5O2. The Bertz CT molecular complexity index is 1360. The zero-order valence-electron chi connectivity index (χ0n) is 15.9. The lowest BCUT2D eigenvalue weighted by Crippen LogP contribution is -2.20. The van der Waals surface area contributed by atoms with Gasteiger partial charge in [0, 0.05) is 5.39 Å². The number of anilines is 1. The fourth-order valence-electron chi connectivity index (χ4n) is 3.20. The third-order valence-electron chi connectivity index (χ3n) is 4.67. The molecule has 2 N–H and O–H groups in total. The van der Waals surface area contributed by atoms with Crippen molar-refractivity contribution in [1.29, 1.82) is 0 Å². The number of carbonyl (C=O) groups excluding carboxylic acids is 1. The highest BCUT2D eigenvalue weighted by Crippen LogP contribution is 2.21. The Morgan fingerprint density at radius 1 is 0.867 bits per heavy atom. The zero-order valence-corrected chi connectivity index (χ0v) is 15.9. The van der Waals surface area contributed by atoms with Crippen molar-refractivity contribution < 1.29 is 9.53 Å². The monoisotopic (exact) mass is 395 g/mol. The van der Waals surface area contributed by atoms with E-state index in [1.165, 1.54) is 0 Å². The van der Waals surface area contributed by atoms with Crippen LogP contribution in [0.25, 0.3) is 33.2 Å². The second-order valence-corrected chi connectivity index (χ2v) is 6.74. The highest BCUT2D eigenvalue weighted by atomic mass is 16.5. The first kappa shape index (κ1) is 17.8. The van der Waals surface area contributed by atoms with E-state index in [1.54, 1.807) is 0 Å². The van der Waals surface area contributed by atoms with Gasteiger partial charge in [-0.2, -0.15) is 4.98 Å². The molecule has 1 amide bonds. The maximum absolute atomic E-state index is 12.2. The number of nitrogens with one attached hydrogen (secondary N) is 2. The molecule has 0 spiro atoms. The Hall–Kier alpha value is -4.26. The summed E-state index contributed by atoms with van der Waals surface area (Å²) in [6.45, 7) is -0.142. The molecule has 30 heavy (non-hydrogen) atoms. The van der Waals surface area contributed by atoms with Crippen LogP contribution in [0.4, 0.5) is 5.95 Å². The Balaban J connectivity index is 1.24. The molecule has 7 heteroatoms. The van der Waals surface area contributed by atoms with Crippen molar-refractivity contribution in [3.63, 3.8) is 0 Å². The average molecular weight is 395 g/mol. The van der Waals surface area contributed by atoms with E-state index in [9.17, 15) is 4.79 Å². The van der Waals surface area contributed by atoms with E-state index < -0.39 is 0 Å². The quantitative estimate of drug-likeness (QED) is 0.465. The molecule has 0 saturated heterocycles. The number of H-pyrrole nitrogens is 1. The molecule has 0 fully saturated rings. The number of rotatable bonds is 5. The molecule has 0 aliphatic carbocycles. The van der Waals surface area contributed by atoms with Gasteiger partial charge >= 0.3 is 0 Å². The standard InChI is InChI=1S/C23H17N5O2/c29-21(14-30-18-11-9-15-5-1-2-7-17(15)13-18)25-23-26-22(27-28-23)20-12-10-16-6-3-4-8-19(16)24-20/h1-13H,14H2,(H2,25,26,27,28,29). The van der Waals surface area contributed by atoms with Crippen LogP contribution in [0.5, 0.6) is 5.75 Å². The van der Waals surface area contributed by atoms with Crippen LogP contribution in [-0.4, -0.2) is 32.7 Å². The van der Waals surface area contributed by atoms with Crippen molar-refractivity contribution in [2.75, 3.05) is 11.9 Å². The van der Waals surface area contributed by atoms with Gasteiger partial charge in [-0.05, 0) is 35.0 Å². The van der Waals surface area contributed by atoms with Crippen LogP contribution in [0.3, 0.4) is 0 Å². The summed E-state index contributed by atoms with van der Waals surface area (Å²) in [5, 5.41) is 12.7. The largest absolute Gasteiger partial charge is 0.484 e. The molecule has 5 rings (SSSR count). The molecule has 0 saturated carbocycles. The molecule has 2 aromatic heterocycles. The van der Waals surface area contributed by atoms with E-state index >= 15 is 0 Å². The SMILES string of the molecule is O=C(COc1ccc2ccccc2c1)Nc1n[nH]c(-c2ccc3ccccc3n2)n1. The number of hydrogen-bond donors (Lipinski definition) is 2. The highest BCUT2D eigenvalue weighted by Gasteiger charge is 2.11. The summed E-state index contributed by atoms with van der Waals surface area (Å²) in [4.78, 5) is 21.1. The number of ether oxygens (including phenoxy) is 1. The van der Waals surface area contributed by atoms with Crippen molar-refractivity contribution in [2.24, 2.45) is 0 Å². The van der Waals surface area contributed by atoms with Crippen LogP contribution in [0.15, 0.2) is 78.9 Å². The molecule has 7 nitrogen and oxygen atoms in total. The van der Waals surface area contributed by atoms with E-state index in [4.69, 9.17) is 4.74 Å². The summed E-state index contributed by atoms with van der Waals surface area (Å²) in [5.74, 6) is 0.929.